The van der Waals surface area contributed by atoms with Crippen LogP contribution >= 0.6 is 0 Å². The van der Waals surface area contributed by atoms with Crippen LogP contribution in [0.15, 0.2) is 30.3 Å². The fourth-order valence-electron chi connectivity index (χ4n) is 2.66. The third-order valence-corrected chi connectivity index (χ3v) is 3.53. The lowest BCUT2D eigenvalue weighted by atomic mass is 10.1. The molecule has 0 saturated carbocycles. The Morgan fingerprint density at radius 1 is 1.25 bits per heavy atom. The molecule has 2 N–H and O–H groups in total. The molecule has 0 aliphatic rings. The maximum absolute atomic E-state index is 5.91. The first-order valence-electron chi connectivity index (χ1n) is 7.18. The van der Waals surface area contributed by atoms with E-state index in [9.17, 15) is 0 Å². The van der Waals surface area contributed by atoms with Crippen LogP contribution in [0.2, 0.25) is 0 Å². The molecule has 0 radical (unpaired) electrons. The van der Waals surface area contributed by atoms with E-state index in [1.165, 1.54) is 5.56 Å². The van der Waals surface area contributed by atoms with Crippen molar-refractivity contribution >= 4 is 5.82 Å². The van der Waals surface area contributed by atoms with Gasteiger partial charge in [0, 0.05) is 32.2 Å². The van der Waals surface area contributed by atoms with Crippen molar-refractivity contribution in [1.82, 2.24) is 9.78 Å². The Kier molecular flexibility index (Phi) is 4.79. The van der Waals surface area contributed by atoms with E-state index in [1.54, 1.807) is 0 Å². The van der Waals surface area contributed by atoms with Crippen LogP contribution in [0.4, 0.5) is 5.82 Å². The molecule has 20 heavy (non-hydrogen) atoms. The lowest BCUT2D eigenvalue weighted by Crippen LogP contribution is -2.27. The van der Waals surface area contributed by atoms with Crippen molar-refractivity contribution in [2.24, 2.45) is 12.8 Å². The molecule has 0 spiro atoms. The predicted octanol–water partition coefficient (Wildman–Crippen LogP) is 2.60. The highest BCUT2D eigenvalue weighted by atomic mass is 15.4. The third kappa shape index (κ3) is 3.02. The second-order valence-corrected chi connectivity index (χ2v) is 5.12. The van der Waals surface area contributed by atoms with Crippen LogP contribution in [-0.4, -0.2) is 16.3 Å². The predicted molar refractivity (Wildman–Crippen MR) is 83.6 cm³/mol. The van der Waals surface area contributed by atoms with Gasteiger partial charge in [-0.05, 0) is 18.9 Å². The molecule has 0 aliphatic heterocycles. The van der Waals surface area contributed by atoms with Crippen molar-refractivity contribution in [3.8, 4) is 0 Å². The smallest absolute Gasteiger partial charge is 0.131 e. The van der Waals surface area contributed by atoms with Gasteiger partial charge in [0.1, 0.15) is 5.82 Å². The van der Waals surface area contributed by atoms with Gasteiger partial charge in [-0.2, -0.15) is 5.10 Å². The van der Waals surface area contributed by atoms with E-state index in [4.69, 9.17) is 5.73 Å². The van der Waals surface area contributed by atoms with E-state index in [2.05, 4.69) is 41.2 Å². The van der Waals surface area contributed by atoms with Gasteiger partial charge in [-0.1, -0.05) is 37.3 Å². The van der Waals surface area contributed by atoms with Crippen LogP contribution in [-0.2, 0) is 20.1 Å². The van der Waals surface area contributed by atoms with Crippen LogP contribution in [0.3, 0.4) is 0 Å². The summed E-state index contributed by atoms with van der Waals surface area (Å²) in [6.07, 6.45) is 1.10. The first-order valence-corrected chi connectivity index (χ1v) is 7.18. The fraction of sp³-hybridized carbons (Fsp3) is 0.438. The number of hydrogen-bond donors (Lipinski definition) is 1. The molecule has 0 unspecified atom stereocenters. The van der Waals surface area contributed by atoms with Gasteiger partial charge in [0.05, 0.1) is 5.69 Å². The van der Waals surface area contributed by atoms with Gasteiger partial charge in [-0.3, -0.25) is 4.68 Å². The Morgan fingerprint density at radius 3 is 2.55 bits per heavy atom. The average Bonchev–Trinajstić information content (AvgIpc) is 2.73. The van der Waals surface area contributed by atoms with E-state index in [0.29, 0.717) is 6.54 Å². The Morgan fingerprint density at radius 2 is 1.95 bits per heavy atom. The minimum atomic E-state index is 0.532. The lowest BCUT2D eigenvalue weighted by Gasteiger charge is -2.25. The molecule has 0 fully saturated rings. The summed E-state index contributed by atoms with van der Waals surface area (Å²) in [6, 6.07) is 10.5. The molecule has 0 amide bonds. The summed E-state index contributed by atoms with van der Waals surface area (Å²) in [5, 5.41) is 4.52. The Balaban J connectivity index is 2.33. The Bertz CT molecular complexity index is 545. The summed E-state index contributed by atoms with van der Waals surface area (Å²) in [6.45, 7) is 6.65. The number of aryl methyl sites for hydroxylation is 2. The van der Waals surface area contributed by atoms with Crippen molar-refractivity contribution in [2.75, 3.05) is 11.4 Å². The number of anilines is 1. The molecule has 0 saturated heterocycles. The number of benzene rings is 1. The topological polar surface area (TPSA) is 47.1 Å². The highest BCUT2D eigenvalue weighted by molar-refractivity contribution is 5.50. The van der Waals surface area contributed by atoms with Crippen molar-refractivity contribution in [1.29, 1.82) is 0 Å². The average molecular weight is 272 g/mol. The van der Waals surface area contributed by atoms with Crippen molar-refractivity contribution in [3.05, 3.63) is 47.2 Å². The molecule has 2 aromatic rings. The molecule has 1 aromatic carbocycles. The van der Waals surface area contributed by atoms with Gasteiger partial charge >= 0.3 is 0 Å². The SMILES string of the molecule is CCCN(Cc1ccccc1)c1c(CN)c(C)nn1C. The summed E-state index contributed by atoms with van der Waals surface area (Å²) in [5.41, 5.74) is 9.40. The number of nitrogens with zero attached hydrogens (tertiary/aromatic N) is 3. The molecule has 1 heterocycles. The van der Waals surface area contributed by atoms with E-state index >= 15 is 0 Å². The maximum atomic E-state index is 5.91. The van der Waals surface area contributed by atoms with Crippen LogP contribution in [0.1, 0.15) is 30.2 Å². The number of aromatic nitrogens is 2. The molecular formula is C16H24N4. The molecule has 4 heteroatoms. The van der Waals surface area contributed by atoms with Crippen LogP contribution in [0.5, 0.6) is 0 Å². The van der Waals surface area contributed by atoms with E-state index in [-0.39, 0.29) is 0 Å². The van der Waals surface area contributed by atoms with Gasteiger partial charge in [0.15, 0.2) is 0 Å². The molecule has 0 aliphatic carbocycles. The standard InChI is InChI=1S/C16H24N4/c1-4-10-20(12-14-8-6-5-7-9-14)16-15(11-17)13(2)18-19(16)3/h5-9H,4,10-12,17H2,1-3H3. The number of nitrogens with two attached hydrogens (primary N) is 1. The Hall–Kier alpha value is -1.81. The second kappa shape index (κ2) is 6.57. The summed E-state index contributed by atoms with van der Waals surface area (Å²) >= 11 is 0. The summed E-state index contributed by atoms with van der Waals surface area (Å²) < 4.78 is 1.95. The molecule has 108 valence electrons. The van der Waals surface area contributed by atoms with Gasteiger partial charge in [-0.25, -0.2) is 0 Å². The second-order valence-electron chi connectivity index (χ2n) is 5.12. The first kappa shape index (κ1) is 14.6. The van der Waals surface area contributed by atoms with Gasteiger partial charge in [0.2, 0.25) is 0 Å². The van der Waals surface area contributed by atoms with Crippen molar-refractivity contribution in [3.63, 3.8) is 0 Å². The normalized spacial score (nSPS) is 10.8. The lowest BCUT2D eigenvalue weighted by molar-refractivity contribution is 0.683. The van der Waals surface area contributed by atoms with Crippen LogP contribution < -0.4 is 10.6 Å². The minimum Gasteiger partial charge on any atom is -0.352 e. The van der Waals surface area contributed by atoms with Gasteiger partial charge < -0.3 is 10.6 Å². The van der Waals surface area contributed by atoms with Gasteiger partial charge in [-0.15, -0.1) is 0 Å². The molecule has 4 nitrogen and oxygen atoms in total. The zero-order chi connectivity index (χ0) is 14.5. The van der Waals surface area contributed by atoms with E-state index in [0.717, 1.165) is 36.6 Å². The monoisotopic (exact) mass is 272 g/mol. The first-order chi connectivity index (χ1) is 9.67. The quantitative estimate of drug-likeness (QED) is 0.879. The Labute approximate surface area is 121 Å². The summed E-state index contributed by atoms with van der Waals surface area (Å²) in [7, 11) is 2.00. The minimum absolute atomic E-state index is 0.532. The number of hydrogen-bond acceptors (Lipinski definition) is 3. The third-order valence-electron chi connectivity index (χ3n) is 3.53. The maximum Gasteiger partial charge on any atom is 0.131 e. The highest BCUT2D eigenvalue weighted by Crippen LogP contribution is 2.24. The van der Waals surface area contributed by atoms with E-state index < -0.39 is 0 Å². The fourth-order valence-corrected chi connectivity index (χ4v) is 2.66. The van der Waals surface area contributed by atoms with Crippen molar-refractivity contribution in [2.45, 2.75) is 33.4 Å². The molecule has 1 aromatic heterocycles. The van der Waals surface area contributed by atoms with Crippen LogP contribution in [0, 0.1) is 6.92 Å². The molecule has 2 rings (SSSR count). The molecule has 0 bridgehead atoms. The summed E-state index contributed by atoms with van der Waals surface area (Å²) in [5.74, 6) is 1.15. The number of rotatable bonds is 6. The summed E-state index contributed by atoms with van der Waals surface area (Å²) in [4.78, 5) is 2.37. The van der Waals surface area contributed by atoms with Gasteiger partial charge in [0.25, 0.3) is 0 Å². The van der Waals surface area contributed by atoms with E-state index in [1.807, 2.05) is 24.7 Å². The zero-order valence-electron chi connectivity index (χ0n) is 12.6. The zero-order valence-corrected chi connectivity index (χ0v) is 12.6. The highest BCUT2D eigenvalue weighted by Gasteiger charge is 2.18. The largest absolute Gasteiger partial charge is 0.352 e. The van der Waals surface area contributed by atoms with Crippen LogP contribution in [0.25, 0.3) is 0 Å². The molecule has 0 atom stereocenters. The van der Waals surface area contributed by atoms with Crippen molar-refractivity contribution < 1.29 is 0 Å². The molecular weight excluding hydrogens is 248 g/mol.